The van der Waals surface area contributed by atoms with Crippen molar-refractivity contribution in [3.63, 3.8) is 0 Å². The Morgan fingerprint density at radius 2 is 1.64 bits per heavy atom. The molecule has 0 bridgehead atoms. The second kappa shape index (κ2) is 15.7. The molecule has 0 aliphatic carbocycles. The summed E-state index contributed by atoms with van der Waals surface area (Å²) in [6.07, 6.45) is 1.58. The maximum Gasteiger partial charge on any atom is 0.272 e. The zero-order valence-corrected chi connectivity index (χ0v) is 26.0. The highest BCUT2D eigenvalue weighted by Gasteiger charge is 2.19. The number of halogens is 1. The standard InChI is InChI=1S/C34H32ClN3O5S/c1-4-43-30-16-9-8-13-24(30)19-29(38-33(40)23-11-6-5-7-12-23)34(41)36-26-14-10-15-27(21-26)44-22(2)32(39)37-28-20-25(35)17-18-31(28)42-3/h5-22H,4H2,1-3H3,(H,36,41)(H,37,39)(H,38,40)/b29-19+. The zero-order chi connectivity index (χ0) is 31.5. The van der Waals surface area contributed by atoms with Crippen molar-refractivity contribution >= 4 is 58.5 Å². The Kier molecular flexibility index (Phi) is 11.5. The normalized spacial score (nSPS) is 11.7. The van der Waals surface area contributed by atoms with Crippen molar-refractivity contribution in [3.05, 3.63) is 119 Å². The summed E-state index contributed by atoms with van der Waals surface area (Å²) in [7, 11) is 1.52. The van der Waals surface area contributed by atoms with E-state index in [-0.39, 0.29) is 11.6 Å². The highest BCUT2D eigenvalue weighted by molar-refractivity contribution is 8.00. The van der Waals surface area contributed by atoms with Crippen molar-refractivity contribution in [1.82, 2.24) is 5.32 Å². The molecule has 0 saturated carbocycles. The van der Waals surface area contributed by atoms with Crippen LogP contribution in [0.2, 0.25) is 5.02 Å². The Morgan fingerprint density at radius 3 is 2.39 bits per heavy atom. The molecule has 44 heavy (non-hydrogen) atoms. The number of methoxy groups -OCH3 is 1. The smallest absolute Gasteiger partial charge is 0.272 e. The first kappa shape index (κ1) is 32.2. The molecule has 0 aliphatic heterocycles. The van der Waals surface area contributed by atoms with Crippen LogP contribution in [0, 0.1) is 0 Å². The molecule has 1 unspecified atom stereocenters. The van der Waals surface area contributed by atoms with E-state index in [4.69, 9.17) is 21.1 Å². The number of hydrogen-bond acceptors (Lipinski definition) is 6. The molecule has 0 radical (unpaired) electrons. The summed E-state index contributed by atoms with van der Waals surface area (Å²) in [5.41, 5.74) is 2.04. The lowest BCUT2D eigenvalue weighted by atomic mass is 10.1. The van der Waals surface area contributed by atoms with Crippen LogP contribution >= 0.6 is 23.4 Å². The molecule has 3 N–H and O–H groups in total. The second-order valence-electron chi connectivity index (χ2n) is 9.42. The number of benzene rings is 4. The minimum absolute atomic E-state index is 0.0345. The molecule has 226 valence electrons. The summed E-state index contributed by atoms with van der Waals surface area (Å²) in [6.45, 7) is 4.09. The number of para-hydroxylation sites is 1. The molecule has 4 aromatic rings. The van der Waals surface area contributed by atoms with Crippen molar-refractivity contribution in [2.45, 2.75) is 24.0 Å². The molecule has 0 aliphatic rings. The van der Waals surface area contributed by atoms with Crippen LogP contribution in [-0.4, -0.2) is 36.7 Å². The Morgan fingerprint density at radius 1 is 0.886 bits per heavy atom. The van der Waals surface area contributed by atoms with Gasteiger partial charge in [0.25, 0.3) is 11.8 Å². The first-order valence-electron chi connectivity index (χ1n) is 13.8. The van der Waals surface area contributed by atoms with Gasteiger partial charge in [-0.05, 0) is 74.5 Å². The molecule has 8 nitrogen and oxygen atoms in total. The molecule has 0 aromatic heterocycles. The van der Waals surface area contributed by atoms with Crippen LogP contribution in [0.4, 0.5) is 11.4 Å². The minimum atomic E-state index is -0.526. The SMILES string of the molecule is CCOc1ccccc1/C=C(/NC(=O)c1ccccc1)C(=O)Nc1cccc(SC(C)C(=O)Nc2cc(Cl)ccc2OC)c1. The molecule has 4 rings (SSSR count). The van der Waals surface area contributed by atoms with Gasteiger partial charge in [0, 0.05) is 26.7 Å². The molecule has 0 saturated heterocycles. The van der Waals surface area contributed by atoms with E-state index < -0.39 is 17.1 Å². The number of amides is 3. The summed E-state index contributed by atoms with van der Waals surface area (Å²) in [6, 6.07) is 28.0. The van der Waals surface area contributed by atoms with Gasteiger partial charge in [-0.1, -0.05) is 54.1 Å². The molecule has 1 atom stereocenters. The summed E-state index contributed by atoms with van der Waals surface area (Å²) in [5, 5.41) is 8.45. The lowest BCUT2D eigenvalue weighted by molar-refractivity contribution is -0.115. The lowest BCUT2D eigenvalue weighted by Crippen LogP contribution is -2.30. The Balaban J connectivity index is 1.52. The van der Waals surface area contributed by atoms with Crippen LogP contribution in [0.5, 0.6) is 11.5 Å². The number of carbonyl (C=O) groups excluding carboxylic acids is 3. The lowest BCUT2D eigenvalue weighted by Gasteiger charge is -2.15. The third kappa shape index (κ3) is 8.89. The summed E-state index contributed by atoms with van der Waals surface area (Å²) < 4.78 is 11.0. The van der Waals surface area contributed by atoms with Gasteiger partial charge in [-0.25, -0.2) is 0 Å². The largest absolute Gasteiger partial charge is 0.495 e. The molecule has 3 amide bonds. The van der Waals surface area contributed by atoms with Gasteiger partial charge < -0.3 is 25.4 Å². The number of carbonyl (C=O) groups is 3. The summed E-state index contributed by atoms with van der Waals surface area (Å²) >= 11 is 7.41. The molecule has 0 spiro atoms. The third-order valence-corrected chi connectivity index (χ3v) is 7.57. The first-order valence-corrected chi connectivity index (χ1v) is 15.1. The van der Waals surface area contributed by atoms with Crippen LogP contribution < -0.4 is 25.4 Å². The maximum atomic E-state index is 13.6. The predicted octanol–water partition coefficient (Wildman–Crippen LogP) is 7.28. The zero-order valence-electron chi connectivity index (χ0n) is 24.4. The predicted molar refractivity (Wildman–Crippen MR) is 177 cm³/mol. The van der Waals surface area contributed by atoms with E-state index in [1.165, 1.54) is 18.9 Å². The van der Waals surface area contributed by atoms with E-state index in [9.17, 15) is 14.4 Å². The van der Waals surface area contributed by atoms with E-state index >= 15 is 0 Å². The number of rotatable bonds is 12. The Hall–Kier alpha value is -4.73. The van der Waals surface area contributed by atoms with Gasteiger partial charge in [-0.15, -0.1) is 11.8 Å². The highest BCUT2D eigenvalue weighted by atomic mass is 35.5. The summed E-state index contributed by atoms with van der Waals surface area (Å²) in [5.74, 6) is -0.123. The van der Waals surface area contributed by atoms with Crippen molar-refractivity contribution in [3.8, 4) is 11.5 Å². The quantitative estimate of drug-likeness (QED) is 0.112. The van der Waals surface area contributed by atoms with Crippen molar-refractivity contribution in [2.75, 3.05) is 24.4 Å². The molecule has 4 aromatic carbocycles. The molecule has 10 heteroatoms. The second-order valence-corrected chi connectivity index (χ2v) is 11.3. The average Bonchev–Trinajstić information content (AvgIpc) is 3.02. The molecular formula is C34H32ClN3O5S. The number of anilines is 2. The molecular weight excluding hydrogens is 598 g/mol. The first-order chi connectivity index (χ1) is 21.3. The van der Waals surface area contributed by atoms with E-state index in [1.807, 2.05) is 31.2 Å². The van der Waals surface area contributed by atoms with Crippen LogP contribution in [0.1, 0.15) is 29.8 Å². The Bertz CT molecular complexity index is 1660. The van der Waals surface area contributed by atoms with E-state index in [0.29, 0.717) is 45.6 Å². The van der Waals surface area contributed by atoms with Gasteiger partial charge in [-0.3, -0.25) is 14.4 Å². The average molecular weight is 630 g/mol. The monoisotopic (exact) mass is 629 g/mol. The maximum absolute atomic E-state index is 13.6. The number of thioether (sulfide) groups is 1. The van der Waals surface area contributed by atoms with Gasteiger partial charge in [0.05, 0.1) is 24.7 Å². The van der Waals surface area contributed by atoms with Gasteiger partial charge in [0.15, 0.2) is 0 Å². The third-order valence-electron chi connectivity index (χ3n) is 6.24. The fourth-order valence-corrected chi connectivity index (χ4v) is 5.20. The number of ether oxygens (including phenoxy) is 2. The van der Waals surface area contributed by atoms with Gasteiger partial charge in [0.1, 0.15) is 17.2 Å². The highest BCUT2D eigenvalue weighted by Crippen LogP contribution is 2.31. The van der Waals surface area contributed by atoms with Crippen LogP contribution in [0.3, 0.4) is 0 Å². The van der Waals surface area contributed by atoms with Gasteiger partial charge in [-0.2, -0.15) is 0 Å². The number of nitrogens with one attached hydrogen (secondary N) is 3. The van der Waals surface area contributed by atoms with E-state index in [0.717, 1.165) is 4.90 Å². The van der Waals surface area contributed by atoms with E-state index in [1.54, 1.807) is 85.8 Å². The van der Waals surface area contributed by atoms with Crippen LogP contribution in [0.15, 0.2) is 108 Å². The topological polar surface area (TPSA) is 106 Å². The number of hydrogen-bond donors (Lipinski definition) is 3. The van der Waals surface area contributed by atoms with E-state index in [2.05, 4.69) is 16.0 Å². The van der Waals surface area contributed by atoms with Crippen molar-refractivity contribution in [2.24, 2.45) is 0 Å². The molecule has 0 heterocycles. The molecule has 0 fully saturated rings. The minimum Gasteiger partial charge on any atom is -0.495 e. The van der Waals surface area contributed by atoms with Gasteiger partial charge >= 0.3 is 0 Å². The van der Waals surface area contributed by atoms with Crippen molar-refractivity contribution < 1.29 is 23.9 Å². The fourth-order valence-electron chi connectivity index (χ4n) is 4.10. The van der Waals surface area contributed by atoms with Crippen LogP contribution in [-0.2, 0) is 9.59 Å². The Labute approximate surface area is 265 Å². The summed E-state index contributed by atoms with van der Waals surface area (Å²) in [4.78, 5) is 40.3. The van der Waals surface area contributed by atoms with Crippen molar-refractivity contribution in [1.29, 1.82) is 0 Å². The van der Waals surface area contributed by atoms with Gasteiger partial charge in [0.2, 0.25) is 5.91 Å². The fraction of sp³-hybridized carbons (Fsp3) is 0.147. The van der Waals surface area contributed by atoms with Crippen LogP contribution in [0.25, 0.3) is 6.08 Å².